The van der Waals surface area contributed by atoms with E-state index < -0.39 is 11.8 Å². The van der Waals surface area contributed by atoms with Gasteiger partial charge in [0.1, 0.15) is 21.5 Å². The van der Waals surface area contributed by atoms with Crippen molar-refractivity contribution in [1.82, 2.24) is 30.5 Å². The first kappa shape index (κ1) is 25.5. The van der Waals surface area contributed by atoms with Gasteiger partial charge in [-0.15, -0.1) is 16.0 Å². The second kappa shape index (κ2) is 10.8. The molecule has 1 unspecified atom stereocenters. The molecule has 0 amide bonds. The second-order valence-corrected chi connectivity index (χ2v) is 10.3. The number of H-pyrrole nitrogens is 2. The number of rotatable bonds is 8. The number of tetrazole rings is 1. The Hall–Kier alpha value is -4.74. The second-order valence-electron chi connectivity index (χ2n) is 8.96. The van der Waals surface area contributed by atoms with Crippen molar-refractivity contribution < 1.29 is 19.0 Å². The fourth-order valence-electron chi connectivity index (χ4n) is 4.52. The SMILES string of the molecule is O=C(O)c1scc(-c2cnc(C(Cc3ccccc3)c3ccc(-c4cc(Cl)ccc4-[n+]4cnn[nH]4)cn3)[nH]2)c1F. The Balaban J connectivity index is 1.38. The Morgan fingerprint density at radius 2 is 1.93 bits per heavy atom. The van der Waals surface area contributed by atoms with Gasteiger partial charge in [0.25, 0.3) is 6.33 Å². The van der Waals surface area contributed by atoms with Gasteiger partial charge < -0.3 is 10.1 Å². The van der Waals surface area contributed by atoms with Crippen LogP contribution in [0.15, 0.2) is 84.8 Å². The fraction of sp³-hybridized carbons (Fsp3) is 0.0714. The Morgan fingerprint density at radius 3 is 2.62 bits per heavy atom. The van der Waals surface area contributed by atoms with Gasteiger partial charge in [-0.05, 0) is 36.2 Å². The van der Waals surface area contributed by atoms with Crippen molar-refractivity contribution in [2.24, 2.45) is 0 Å². The van der Waals surface area contributed by atoms with Crippen molar-refractivity contribution in [3.8, 4) is 28.1 Å². The molecule has 12 heteroatoms. The molecule has 0 fully saturated rings. The number of pyridine rings is 1. The number of imidazole rings is 1. The van der Waals surface area contributed by atoms with Crippen LogP contribution in [0.5, 0.6) is 0 Å². The Labute approximate surface area is 236 Å². The van der Waals surface area contributed by atoms with Gasteiger partial charge in [0.05, 0.1) is 23.5 Å². The van der Waals surface area contributed by atoms with Crippen LogP contribution >= 0.6 is 22.9 Å². The van der Waals surface area contributed by atoms with Gasteiger partial charge in [0.2, 0.25) is 0 Å². The number of benzene rings is 2. The minimum absolute atomic E-state index is 0.169. The van der Waals surface area contributed by atoms with E-state index in [9.17, 15) is 14.3 Å². The van der Waals surface area contributed by atoms with Gasteiger partial charge >= 0.3 is 5.97 Å². The highest BCUT2D eigenvalue weighted by Crippen LogP contribution is 2.33. The first-order chi connectivity index (χ1) is 19.5. The lowest BCUT2D eigenvalue weighted by molar-refractivity contribution is -0.659. The van der Waals surface area contributed by atoms with Crippen molar-refractivity contribution in [3.05, 3.63) is 118 Å². The molecule has 0 saturated heterocycles. The predicted molar refractivity (Wildman–Crippen MR) is 147 cm³/mol. The quantitative estimate of drug-likeness (QED) is 0.208. The summed E-state index contributed by atoms with van der Waals surface area (Å²) in [5.74, 6) is -1.78. The first-order valence-electron chi connectivity index (χ1n) is 12.1. The molecule has 3 N–H and O–H groups in total. The number of nitrogens with zero attached hydrogens (tertiary/aromatic N) is 5. The lowest BCUT2D eigenvalue weighted by Gasteiger charge is -2.16. The standard InChI is InChI=1S/C28H19ClFN7O2S/c29-18-7-9-24(37-15-33-35-36-37)19(11-18)17-6-8-22(31-12-17)20(10-16-4-2-1-3-5-16)27-32-13-23(34-27)21-14-40-26(25(21)30)28(38)39/h1-9,11-15,20H,10H2,(H2,32,34,38,39)/p+1. The summed E-state index contributed by atoms with van der Waals surface area (Å²) in [4.78, 5) is 23.6. The van der Waals surface area contributed by atoms with Crippen LogP contribution < -0.4 is 4.68 Å². The molecule has 6 aromatic rings. The van der Waals surface area contributed by atoms with Crippen LogP contribution in [0.4, 0.5) is 4.39 Å². The number of carboxylic acid groups (broad SMARTS) is 1. The molecule has 0 spiro atoms. The number of hydrogen-bond acceptors (Lipinski definition) is 6. The summed E-state index contributed by atoms with van der Waals surface area (Å²) in [6.07, 6.45) is 5.44. The monoisotopic (exact) mass is 572 g/mol. The number of aromatic amines is 2. The van der Waals surface area contributed by atoms with E-state index in [0.29, 0.717) is 23.0 Å². The third-order valence-electron chi connectivity index (χ3n) is 6.47. The maximum Gasteiger partial charge on any atom is 0.348 e. The molecule has 0 aliphatic rings. The molecular formula is C28H20ClFN7O2S+. The highest BCUT2D eigenvalue weighted by molar-refractivity contribution is 7.12. The molecule has 4 aromatic heterocycles. The van der Waals surface area contributed by atoms with Gasteiger partial charge in [-0.3, -0.25) is 4.98 Å². The fourth-order valence-corrected chi connectivity index (χ4v) is 5.48. The largest absolute Gasteiger partial charge is 0.477 e. The van der Waals surface area contributed by atoms with Crippen molar-refractivity contribution >= 4 is 28.9 Å². The normalized spacial score (nSPS) is 11.9. The van der Waals surface area contributed by atoms with E-state index in [4.69, 9.17) is 16.6 Å². The molecule has 9 nitrogen and oxygen atoms in total. The van der Waals surface area contributed by atoms with Crippen LogP contribution in [0.25, 0.3) is 28.1 Å². The van der Waals surface area contributed by atoms with E-state index in [-0.39, 0.29) is 16.4 Å². The first-order valence-corrected chi connectivity index (χ1v) is 13.4. The minimum atomic E-state index is -1.30. The average Bonchev–Trinajstić information content (AvgIpc) is 3.74. The third-order valence-corrected chi connectivity index (χ3v) is 7.65. The van der Waals surface area contributed by atoms with E-state index in [2.05, 4.69) is 25.5 Å². The number of aromatic nitrogens is 7. The van der Waals surface area contributed by atoms with Gasteiger partial charge in [-0.25, -0.2) is 14.2 Å². The lowest BCUT2D eigenvalue weighted by atomic mass is 9.94. The smallest absolute Gasteiger partial charge is 0.348 e. The molecule has 4 heterocycles. The van der Waals surface area contributed by atoms with E-state index >= 15 is 0 Å². The summed E-state index contributed by atoms with van der Waals surface area (Å²) in [6.45, 7) is 0. The molecule has 0 bridgehead atoms. The number of carboxylic acids is 1. The highest BCUT2D eigenvalue weighted by Gasteiger charge is 2.24. The number of nitrogens with one attached hydrogen (secondary N) is 2. The molecule has 0 radical (unpaired) electrons. The van der Waals surface area contributed by atoms with Crippen LogP contribution in [0, 0.1) is 5.82 Å². The molecule has 0 aliphatic heterocycles. The number of carbonyl (C=O) groups is 1. The van der Waals surface area contributed by atoms with Gasteiger partial charge in [0.15, 0.2) is 11.0 Å². The molecule has 198 valence electrons. The number of thiophene rings is 1. The molecule has 0 saturated carbocycles. The Bertz CT molecular complexity index is 1790. The maximum absolute atomic E-state index is 14.8. The van der Waals surface area contributed by atoms with E-state index in [0.717, 1.165) is 39.4 Å². The van der Waals surface area contributed by atoms with Gasteiger partial charge in [0, 0.05) is 33.3 Å². The summed E-state index contributed by atoms with van der Waals surface area (Å²) in [6, 6.07) is 19.3. The molecule has 2 aromatic carbocycles. The van der Waals surface area contributed by atoms with Crippen molar-refractivity contribution in [2.75, 3.05) is 0 Å². The summed E-state index contributed by atoms with van der Waals surface area (Å²) in [5, 5.41) is 21.7. The molecule has 40 heavy (non-hydrogen) atoms. The third kappa shape index (κ3) is 4.99. The molecule has 6 rings (SSSR count). The predicted octanol–water partition coefficient (Wildman–Crippen LogP) is 5.46. The number of aromatic carboxylic acids is 1. The topological polar surface area (TPSA) is 124 Å². The van der Waals surface area contributed by atoms with Crippen molar-refractivity contribution in [1.29, 1.82) is 0 Å². The minimum Gasteiger partial charge on any atom is -0.477 e. The van der Waals surface area contributed by atoms with Crippen LogP contribution in [-0.2, 0) is 6.42 Å². The van der Waals surface area contributed by atoms with E-state index in [1.54, 1.807) is 23.3 Å². The highest BCUT2D eigenvalue weighted by atomic mass is 35.5. The van der Waals surface area contributed by atoms with Crippen LogP contribution in [0.2, 0.25) is 5.02 Å². The Morgan fingerprint density at radius 1 is 1.07 bits per heavy atom. The lowest BCUT2D eigenvalue weighted by Crippen LogP contribution is -2.32. The Kier molecular flexibility index (Phi) is 6.89. The zero-order valence-electron chi connectivity index (χ0n) is 20.6. The molecular weight excluding hydrogens is 553 g/mol. The molecule has 1 atom stereocenters. The number of hydrogen-bond donors (Lipinski definition) is 3. The van der Waals surface area contributed by atoms with Crippen LogP contribution in [0.1, 0.15) is 32.7 Å². The zero-order chi connectivity index (χ0) is 27.6. The average molecular weight is 573 g/mol. The summed E-state index contributed by atoms with van der Waals surface area (Å²) in [7, 11) is 0. The number of halogens is 2. The van der Waals surface area contributed by atoms with Gasteiger partial charge in [-0.2, -0.15) is 0 Å². The maximum atomic E-state index is 14.8. The summed E-state index contributed by atoms with van der Waals surface area (Å²) < 4.78 is 16.4. The van der Waals surface area contributed by atoms with Crippen molar-refractivity contribution in [3.63, 3.8) is 0 Å². The zero-order valence-corrected chi connectivity index (χ0v) is 22.2. The molecule has 0 aliphatic carbocycles. The van der Waals surface area contributed by atoms with E-state index in [1.165, 1.54) is 11.6 Å². The van der Waals surface area contributed by atoms with Crippen LogP contribution in [-0.4, -0.2) is 41.6 Å². The summed E-state index contributed by atoms with van der Waals surface area (Å²) in [5.41, 5.74) is 4.88. The van der Waals surface area contributed by atoms with Crippen molar-refractivity contribution in [2.45, 2.75) is 12.3 Å². The van der Waals surface area contributed by atoms with Gasteiger partial charge in [-0.1, -0.05) is 53.2 Å². The van der Waals surface area contributed by atoms with Crippen LogP contribution in [0.3, 0.4) is 0 Å². The summed E-state index contributed by atoms with van der Waals surface area (Å²) >= 11 is 7.16. The van der Waals surface area contributed by atoms with E-state index in [1.807, 2.05) is 54.6 Å².